The summed E-state index contributed by atoms with van der Waals surface area (Å²) in [5.74, 6) is 1.51. The van der Waals surface area contributed by atoms with Gasteiger partial charge in [-0.15, -0.1) is 0 Å². The third-order valence-electron chi connectivity index (χ3n) is 3.47. The molecule has 0 aliphatic rings. The molecule has 0 bridgehead atoms. The molecule has 2 aromatic carbocycles. The van der Waals surface area contributed by atoms with Gasteiger partial charge >= 0.3 is 0 Å². The molecule has 2 aromatic rings. The van der Waals surface area contributed by atoms with E-state index in [1.807, 2.05) is 0 Å². The smallest absolute Gasteiger partial charge is 0.272 e. The SMILES string of the molecule is COc1ccc(NS(=O)(=O)/C(C#N)=C\c2cc(OC)ccc2OC)cc1. The highest BCUT2D eigenvalue weighted by molar-refractivity contribution is 7.96. The summed E-state index contributed by atoms with van der Waals surface area (Å²) >= 11 is 0. The molecule has 0 aliphatic heterocycles. The van der Waals surface area contributed by atoms with Gasteiger partial charge in [-0.05, 0) is 48.5 Å². The topological polar surface area (TPSA) is 97.7 Å². The molecule has 26 heavy (non-hydrogen) atoms. The van der Waals surface area contributed by atoms with Crippen molar-refractivity contribution in [1.82, 2.24) is 0 Å². The molecule has 0 atom stereocenters. The number of methoxy groups -OCH3 is 3. The quantitative estimate of drug-likeness (QED) is 0.748. The van der Waals surface area contributed by atoms with Crippen LogP contribution in [0.15, 0.2) is 47.4 Å². The highest BCUT2D eigenvalue weighted by atomic mass is 32.2. The lowest BCUT2D eigenvalue weighted by atomic mass is 10.1. The Labute approximate surface area is 152 Å². The van der Waals surface area contributed by atoms with Crippen LogP contribution >= 0.6 is 0 Å². The predicted molar refractivity (Wildman–Crippen MR) is 98.7 cm³/mol. The fraction of sp³-hybridized carbons (Fsp3) is 0.167. The van der Waals surface area contributed by atoms with E-state index in [-0.39, 0.29) is 0 Å². The van der Waals surface area contributed by atoms with E-state index >= 15 is 0 Å². The summed E-state index contributed by atoms with van der Waals surface area (Å²) < 4.78 is 42.8. The van der Waals surface area contributed by atoms with Gasteiger partial charge in [0.15, 0.2) is 4.91 Å². The summed E-state index contributed by atoms with van der Waals surface area (Å²) in [6.45, 7) is 0. The van der Waals surface area contributed by atoms with Gasteiger partial charge in [0.1, 0.15) is 23.3 Å². The molecule has 0 saturated heterocycles. The normalized spacial score (nSPS) is 11.4. The summed E-state index contributed by atoms with van der Waals surface area (Å²) in [7, 11) is 0.378. The molecule has 0 aliphatic carbocycles. The predicted octanol–water partition coefficient (Wildman–Crippen LogP) is 3.02. The Morgan fingerprint density at radius 1 is 1.00 bits per heavy atom. The lowest BCUT2D eigenvalue weighted by Crippen LogP contribution is -2.14. The van der Waals surface area contributed by atoms with Crippen molar-refractivity contribution in [1.29, 1.82) is 5.26 Å². The molecule has 136 valence electrons. The van der Waals surface area contributed by atoms with Gasteiger partial charge in [0, 0.05) is 11.3 Å². The maximum Gasteiger partial charge on any atom is 0.272 e. The Morgan fingerprint density at radius 3 is 2.15 bits per heavy atom. The number of nitrogens with zero attached hydrogens (tertiary/aromatic N) is 1. The number of allylic oxidation sites excluding steroid dienone is 1. The number of benzene rings is 2. The van der Waals surface area contributed by atoms with Crippen LogP contribution in [0.25, 0.3) is 6.08 Å². The lowest BCUT2D eigenvalue weighted by Gasteiger charge is -2.10. The first kappa shape index (κ1) is 19.1. The second-order valence-electron chi connectivity index (χ2n) is 5.06. The van der Waals surface area contributed by atoms with Crippen LogP contribution in [-0.2, 0) is 10.0 Å². The molecule has 0 aromatic heterocycles. The standard InChI is InChI=1S/C18H18N2O5S/c1-23-15-6-4-14(5-7-15)20-26(21,22)17(12-19)11-13-10-16(24-2)8-9-18(13)25-3/h4-11,20H,1-3H3/b17-11-. The zero-order valence-electron chi connectivity index (χ0n) is 14.5. The lowest BCUT2D eigenvalue weighted by molar-refractivity contribution is 0.402. The minimum absolute atomic E-state index is 0.310. The van der Waals surface area contributed by atoms with Crippen LogP contribution in [0.1, 0.15) is 5.56 Å². The Balaban J connectivity index is 2.39. The van der Waals surface area contributed by atoms with Crippen LogP contribution in [-0.4, -0.2) is 29.7 Å². The first-order valence-electron chi connectivity index (χ1n) is 7.44. The number of nitriles is 1. The fourth-order valence-electron chi connectivity index (χ4n) is 2.13. The van der Waals surface area contributed by atoms with Gasteiger partial charge in [-0.1, -0.05) is 0 Å². The van der Waals surface area contributed by atoms with Crippen molar-refractivity contribution in [2.45, 2.75) is 0 Å². The van der Waals surface area contributed by atoms with E-state index in [2.05, 4.69) is 4.72 Å². The summed E-state index contributed by atoms with van der Waals surface area (Å²) in [5.41, 5.74) is 0.716. The maximum absolute atomic E-state index is 12.5. The number of rotatable bonds is 7. The zero-order valence-corrected chi connectivity index (χ0v) is 15.3. The van der Waals surface area contributed by atoms with Gasteiger partial charge in [0.05, 0.1) is 21.3 Å². The van der Waals surface area contributed by atoms with Gasteiger partial charge in [-0.2, -0.15) is 5.26 Å². The van der Waals surface area contributed by atoms with E-state index in [1.165, 1.54) is 39.5 Å². The van der Waals surface area contributed by atoms with Gasteiger partial charge < -0.3 is 14.2 Å². The third kappa shape index (κ3) is 4.46. The van der Waals surface area contributed by atoms with Crippen LogP contribution in [0.2, 0.25) is 0 Å². The highest BCUT2D eigenvalue weighted by Crippen LogP contribution is 2.27. The first-order chi connectivity index (χ1) is 12.4. The molecule has 0 spiro atoms. The van der Waals surface area contributed by atoms with E-state index in [1.54, 1.807) is 36.4 Å². The van der Waals surface area contributed by atoms with Crippen LogP contribution in [0.5, 0.6) is 17.2 Å². The highest BCUT2D eigenvalue weighted by Gasteiger charge is 2.19. The van der Waals surface area contributed by atoms with Crippen molar-refractivity contribution < 1.29 is 22.6 Å². The van der Waals surface area contributed by atoms with E-state index in [0.29, 0.717) is 28.5 Å². The number of ether oxygens (including phenoxy) is 3. The summed E-state index contributed by atoms with van der Waals surface area (Å²) in [5, 5.41) is 9.34. The molecule has 0 heterocycles. The molecule has 0 fully saturated rings. The minimum atomic E-state index is -4.07. The average Bonchev–Trinajstić information content (AvgIpc) is 2.65. The molecule has 0 saturated carbocycles. The van der Waals surface area contributed by atoms with E-state index in [0.717, 1.165) is 0 Å². The minimum Gasteiger partial charge on any atom is -0.497 e. The Bertz CT molecular complexity index is 945. The van der Waals surface area contributed by atoms with Crippen LogP contribution in [0.3, 0.4) is 0 Å². The summed E-state index contributed by atoms with van der Waals surface area (Å²) in [6.07, 6.45) is 1.23. The Kier molecular flexibility index (Phi) is 6.09. The van der Waals surface area contributed by atoms with Crippen LogP contribution in [0.4, 0.5) is 5.69 Å². The van der Waals surface area contributed by atoms with Gasteiger partial charge in [0.25, 0.3) is 10.0 Å². The summed E-state index contributed by atoms with van der Waals surface area (Å²) in [4.78, 5) is -0.458. The van der Waals surface area contributed by atoms with E-state index in [9.17, 15) is 13.7 Å². The third-order valence-corrected chi connectivity index (χ3v) is 4.76. The number of hydrogen-bond acceptors (Lipinski definition) is 6. The number of anilines is 1. The van der Waals surface area contributed by atoms with Crippen molar-refractivity contribution in [2.75, 3.05) is 26.1 Å². The van der Waals surface area contributed by atoms with Crippen molar-refractivity contribution in [3.63, 3.8) is 0 Å². The van der Waals surface area contributed by atoms with Crippen molar-refractivity contribution in [3.05, 3.63) is 52.9 Å². The van der Waals surface area contributed by atoms with Crippen molar-refractivity contribution in [3.8, 4) is 23.3 Å². The second kappa shape index (κ2) is 8.27. The zero-order chi connectivity index (χ0) is 19.2. The van der Waals surface area contributed by atoms with Crippen LogP contribution < -0.4 is 18.9 Å². The van der Waals surface area contributed by atoms with Crippen LogP contribution in [0, 0.1) is 11.3 Å². The maximum atomic E-state index is 12.5. The second-order valence-corrected chi connectivity index (χ2v) is 6.71. The molecule has 2 rings (SSSR count). The van der Waals surface area contributed by atoms with Gasteiger partial charge in [-0.25, -0.2) is 8.42 Å². The molecule has 0 amide bonds. The van der Waals surface area contributed by atoms with Crippen molar-refractivity contribution in [2.24, 2.45) is 0 Å². The monoisotopic (exact) mass is 374 g/mol. The Morgan fingerprint density at radius 2 is 1.62 bits per heavy atom. The van der Waals surface area contributed by atoms with Gasteiger partial charge in [-0.3, -0.25) is 4.72 Å². The fourth-order valence-corrected chi connectivity index (χ4v) is 3.09. The number of nitrogens with one attached hydrogen (secondary N) is 1. The molecular weight excluding hydrogens is 356 g/mol. The van der Waals surface area contributed by atoms with E-state index < -0.39 is 14.9 Å². The van der Waals surface area contributed by atoms with Crippen molar-refractivity contribution >= 4 is 21.8 Å². The average molecular weight is 374 g/mol. The van der Waals surface area contributed by atoms with Gasteiger partial charge in [0.2, 0.25) is 0 Å². The first-order valence-corrected chi connectivity index (χ1v) is 8.92. The molecule has 0 unspecified atom stereocenters. The molecule has 0 radical (unpaired) electrons. The number of hydrogen-bond donors (Lipinski definition) is 1. The van der Waals surface area contributed by atoms with E-state index in [4.69, 9.17) is 14.2 Å². The molecule has 8 heteroatoms. The summed E-state index contributed by atoms with van der Waals surface area (Å²) in [6, 6.07) is 12.9. The molecular formula is C18H18N2O5S. The largest absolute Gasteiger partial charge is 0.497 e. The number of sulfonamides is 1. The Hall–Kier alpha value is -3.18. The molecule has 1 N–H and O–H groups in total. The molecule has 7 nitrogen and oxygen atoms in total.